The summed E-state index contributed by atoms with van der Waals surface area (Å²) in [5.41, 5.74) is 1.06. The Labute approximate surface area is 135 Å². The molecular formula is C17H21N3OS. The normalized spacial score (nSPS) is 18.4. The van der Waals surface area contributed by atoms with E-state index in [1.165, 1.54) is 6.42 Å². The number of rotatable bonds is 5. The zero-order valence-corrected chi connectivity index (χ0v) is 13.5. The van der Waals surface area contributed by atoms with Crippen molar-refractivity contribution < 1.29 is 4.79 Å². The Kier molecular flexibility index (Phi) is 5.16. The zero-order chi connectivity index (χ0) is 15.2. The molecule has 0 aromatic carbocycles. The van der Waals surface area contributed by atoms with E-state index in [-0.39, 0.29) is 11.9 Å². The summed E-state index contributed by atoms with van der Waals surface area (Å²) < 4.78 is 0. The maximum absolute atomic E-state index is 12.6. The van der Waals surface area contributed by atoms with Crippen molar-refractivity contribution in [3.63, 3.8) is 0 Å². The second-order valence-corrected chi connectivity index (χ2v) is 6.57. The molecule has 4 nitrogen and oxygen atoms in total. The van der Waals surface area contributed by atoms with Crippen LogP contribution in [0.1, 0.15) is 48.8 Å². The first-order chi connectivity index (χ1) is 10.8. The molecule has 116 valence electrons. The highest BCUT2D eigenvalue weighted by Crippen LogP contribution is 2.32. The number of nitrogens with zero attached hydrogens (tertiary/aromatic N) is 3. The van der Waals surface area contributed by atoms with Gasteiger partial charge in [-0.3, -0.25) is 9.78 Å². The Morgan fingerprint density at radius 3 is 3.00 bits per heavy atom. The highest BCUT2D eigenvalue weighted by atomic mass is 32.1. The minimum atomic E-state index is 0.191. The lowest BCUT2D eigenvalue weighted by molar-refractivity contribution is -0.135. The van der Waals surface area contributed by atoms with Gasteiger partial charge in [0.15, 0.2) is 0 Å². The maximum atomic E-state index is 12.6. The van der Waals surface area contributed by atoms with Gasteiger partial charge >= 0.3 is 0 Å². The average molecular weight is 315 g/mol. The fraction of sp³-hybridized carbons (Fsp3) is 0.471. The smallest absolute Gasteiger partial charge is 0.223 e. The Morgan fingerprint density at radius 2 is 2.23 bits per heavy atom. The number of likely N-dealkylation sites (tertiary alicyclic amines) is 1. The Bertz CT molecular complexity index is 585. The van der Waals surface area contributed by atoms with E-state index in [9.17, 15) is 4.79 Å². The molecule has 0 spiro atoms. The number of carbonyl (C=O) groups is 1. The van der Waals surface area contributed by atoms with E-state index in [0.29, 0.717) is 6.42 Å². The van der Waals surface area contributed by atoms with Crippen LogP contribution in [-0.4, -0.2) is 27.3 Å². The molecule has 1 amide bonds. The summed E-state index contributed by atoms with van der Waals surface area (Å²) in [6, 6.07) is 6.12. The molecule has 0 radical (unpaired) electrons. The van der Waals surface area contributed by atoms with E-state index in [4.69, 9.17) is 0 Å². The number of piperidine rings is 1. The summed E-state index contributed by atoms with van der Waals surface area (Å²) in [6.45, 7) is 0.868. The van der Waals surface area contributed by atoms with Crippen LogP contribution in [0.5, 0.6) is 0 Å². The second kappa shape index (κ2) is 7.49. The number of aromatic nitrogens is 2. The fourth-order valence-electron chi connectivity index (χ4n) is 3.00. The highest BCUT2D eigenvalue weighted by molar-refractivity contribution is 7.09. The molecule has 0 N–H and O–H groups in total. The quantitative estimate of drug-likeness (QED) is 0.846. The molecule has 2 aromatic heterocycles. The lowest BCUT2D eigenvalue weighted by atomic mass is 10.0. The molecule has 0 unspecified atom stereocenters. The monoisotopic (exact) mass is 315 g/mol. The predicted octanol–water partition coefficient (Wildman–Crippen LogP) is 3.61. The van der Waals surface area contributed by atoms with Crippen molar-refractivity contribution in [2.24, 2.45) is 0 Å². The molecule has 1 fully saturated rings. The molecule has 0 saturated carbocycles. The number of thiazole rings is 1. The number of aryl methyl sites for hydroxylation is 1. The SMILES string of the molecule is O=C(CCCc1ccccn1)N1CCCC[C@H]1c1nccs1. The summed E-state index contributed by atoms with van der Waals surface area (Å²) >= 11 is 1.66. The van der Waals surface area contributed by atoms with Crippen molar-refractivity contribution in [3.8, 4) is 0 Å². The van der Waals surface area contributed by atoms with Gasteiger partial charge in [0.2, 0.25) is 5.91 Å². The van der Waals surface area contributed by atoms with Gasteiger partial charge < -0.3 is 4.90 Å². The van der Waals surface area contributed by atoms with Crippen molar-refractivity contribution >= 4 is 17.2 Å². The molecular weight excluding hydrogens is 294 g/mol. The molecule has 1 atom stereocenters. The van der Waals surface area contributed by atoms with Gasteiger partial charge in [0.25, 0.3) is 0 Å². The van der Waals surface area contributed by atoms with Crippen LogP contribution in [0, 0.1) is 0 Å². The number of pyridine rings is 1. The first kappa shape index (κ1) is 15.2. The third kappa shape index (κ3) is 3.71. The Morgan fingerprint density at radius 1 is 1.27 bits per heavy atom. The highest BCUT2D eigenvalue weighted by Gasteiger charge is 2.29. The molecule has 1 saturated heterocycles. The fourth-order valence-corrected chi connectivity index (χ4v) is 3.78. The molecule has 2 aromatic rings. The molecule has 0 aliphatic carbocycles. The van der Waals surface area contributed by atoms with Gasteiger partial charge in [0, 0.05) is 36.4 Å². The van der Waals surface area contributed by atoms with Gasteiger partial charge in [-0.15, -0.1) is 11.3 Å². The largest absolute Gasteiger partial charge is 0.333 e. The van der Waals surface area contributed by atoms with Crippen molar-refractivity contribution in [2.75, 3.05) is 6.54 Å². The van der Waals surface area contributed by atoms with Gasteiger partial charge in [-0.25, -0.2) is 4.98 Å². The van der Waals surface area contributed by atoms with Crippen LogP contribution < -0.4 is 0 Å². The Balaban J connectivity index is 1.56. The molecule has 3 heterocycles. The summed E-state index contributed by atoms with van der Waals surface area (Å²) in [7, 11) is 0. The van der Waals surface area contributed by atoms with Crippen molar-refractivity contribution in [1.82, 2.24) is 14.9 Å². The number of hydrogen-bond donors (Lipinski definition) is 0. The standard InChI is InChI=1S/C17H21N3OS/c21-16(9-5-7-14-6-1-3-10-18-14)20-12-4-2-8-15(20)17-19-11-13-22-17/h1,3,6,10-11,13,15H,2,4-5,7-9,12H2/t15-/m0/s1. The number of hydrogen-bond acceptors (Lipinski definition) is 4. The van der Waals surface area contributed by atoms with E-state index >= 15 is 0 Å². The minimum Gasteiger partial charge on any atom is -0.333 e. The van der Waals surface area contributed by atoms with Crippen molar-refractivity contribution in [1.29, 1.82) is 0 Å². The minimum absolute atomic E-state index is 0.191. The lowest BCUT2D eigenvalue weighted by Crippen LogP contribution is -2.38. The molecule has 5 heteroatoms. The lowest BCUT2D eigenvalue weighted by Gasteiger charge is -2.34. The Hall–Kier alpha value is -1.75. The van der Waals surface area contributed by atoms with Crippen LogP contribution in [0.2, 0.25) is 0 Å². The zero-order valence-electron chi connectivity index (χ0n) is 12.6. The topological polar surface area (TPSA) is 46.1 Å². The summed E-state index contributed by atoms with van der Waals surface area (Å²) in [6.07, 6.45) is 9.28. The average Bonchev–Trinajstić information content (AvgIpc) is 3.10. The molecule has 1 aliphatic heterocycles. The van der Waals surface area contributed by atoms with Crippen LogP contribution in [0.15, 0.2) is 36.0 Å². The third-order valence-corrected chi connectivity index (χ3v) is 4.99. The van der Waals surface area contributed by atoms with Gasteiger partial charge in [-0.1, -0.05) is 6.07 Å². The van der Waals surface area contributed by atoms with E-state index in [1.807, 2.05) is 34.7 Å². The van der Waals surface area contributed by atoms with E-state index < -0.39 is 0 Å². The summed E-state index contributed by atoms with van der Waals surface area (Å²) in [4.78, 5) is 23.3. The van der Waals surface area contributed by atoms with E-state index in [1.54, 1.807) is 17.5 Å². The summed E-state index contributed by atoms with van der Waals surface area (Å²) in [5, 5.41) is 3.07. The number of amides is 1. The van der Waals surface area contributed by atoms with E-state index in [0.717, 1.165) is 42.9 Å². The molecule has 0 bridgehead atoms. The predicted molar refractivity (Wildman–Crippen MR) is 87.6 cm³/mol. The first-order valence-electron chi connectivity index (χ1n) is 7.93. The van der Waals surface area contributed by atoms with Gasteiger partial charge in [0.05, 0.1) is 6.04 Å². The summed E-state index contributed by atoms with van der Waals surface area (Å²) in [5.74, 6) is 0.260. The third-order valence-electron chi connectivity index (χ3n) is 4.11. The van der Waals surface area contributed by atoms with Crippen LogP contribution in [0.25, 0.3) is 0 Å². The van der Waals surface area contributed by atoms with Gasteiger partial charge in [0.1, 0.15) is 5.01 Å². The van der Waals surface area contributed by atoms with Crippen molar-refractivity contribution in [2.45, 2.75) is 44.6 Å². The maximum Gasteiger partial charge on any atom is 0.223 e. The second-order valence-electron chi connectivity index (χ2n) is 5.64. The van der Waals surface area contributed by atoms with Gasteiger partial charge in [-0.05, 0) is 44.2 Å². The van der Waals surface area contributed by atoms with Crippen LogP contribution in [-0.2, 0) is 11.2 Å². The van der Waals surface area contributed by atoms with E-state index in [2.05, 4.69) is 9.97 Å². The molecule has 1 aliphatic rings. The first-order valence-corrected chi connectivity index (χ1v) is 8.81. The molecule has 22 heavy (non-hydrogen) atoms. The van der Waals surface area contributed by atoms with Crippen LogP contribution in [0.4, 0.5) is 0 Å². The van der Waals surface area contributed by atoms with Crippen LogP contribution >= 0.6 is 11.3 Å². The van der Waals surface area contributed by atoms with Crippen molar-refractivity contribution in [3.05, 3.63) is 46.7 Å². The molecule has 3 rings (SSSR count). The van der Waals surface area contributed by atoms with Crippen LogP contribution in [0.3, 0.4) is 0 Å². The van der Waals surface area contributed by atoms with Gasteiger partial charge in [-0.2, -0.15) is 0 Å². The number of carbonyl (C=O) groups excluding carboxylic acids is 1.